The number of likely N-dealkylation sites (tertiary alicyclic amines) is 2. The molecule has 2 aliphatic heterocycles. The van der Waals surface area contributed by atoms with Crippen molar-refractivity contribution in [3.05, 3.63) is 60.2 Å². The molecule has 4 nitrogen and oxygen atoms in total. The van der Waals surface area contributed by atoms with Gasteiger partial charge in [-0.1, -0.05) is 51.4 Å². The van der Waals surface area contributed by atoms with Crippen LogP contribution in [0.1, 0.15) is 126 Å². The summed E-state index contributed by atoms with van der Waals surface area (Å²) in [6, 6.07) is 10.4. The molecule has 2 aliphatic rings. The van der Waals surface area contributed by atoms with Crippen molar-refractivity contribution in [3.8, 4) is 0 Å². The molecule has 2 aromatic rings. The Morgan fingerprint density at radius 3 is 1.29 bits per heavy atom. The second-order valence-corrected chi connectivity index (χ2v) is 12.3. The predicted molar refractivity (Wildman–Crippen MR) is 158 cm³/mol. The maximum atomic E-state index is 2.51. The van der Waals surface area contributed by atoms with Crippen LogP contribution in [0, 0.1) is 0 Å². The topological polar surface area (TPSA) is 14.2 Å². The van der Waals surface area contributed by atoms with Crippen LogP contribution in [0.3, 0.4) is 0 Å². The zero-order valence-corrected chi connectivity index (χ0v) is 24.7. The van der Waals surface area contributed by atoms with E-state index in [-0.39, 0.29) is 0 Å². The first-order valence-corrected chi connectivity index (χ1v) is 16.1. The number of rotatable bonds is 17. The van der Waals surface area contributed by atoms with Crippen molar-refractivity contribution in [2.45, 2.75) is 128 Å². The highest BCUT2D eigenvalue weighted by Gasteiger charge is 2.25. The van der Waals surface area contributed by atoms with Crippen molar-refractivity contribution in [2.75, 3.05) is 27.2 Å². The molecule has 0 bridgehead atoms. The largest absolute Gasteiger partial charge is 0.299 e. The van der Waals surface area contributed by atoms with Gasteiger partial charge in [0.05, 0.1) is 0 Å². The second kappa shape index (κ2) is 16.4. The number of aryl methyl sites for hydroxylation is 2. The van der Waals surface area contributed by atoms with Crippen molar-refractivity contribution in [1.82, 2.24) is 9.80 Å². The summed E-state index contributed by atoms with van der Waals surface area (Å²) in [7, 11) is 4.54. The van der Waals surface area contributed by atoms with Crippen LogP contribution in [-0.4, -0.2) is 37.0 Å². The maximum absolute atomic E-state index is 2.51. The Labute approximate surface area is 234 Å². The molecule has 0 saturated carbocycles. The van der Waals surface area contributed by atoms with E-state index < -0.39 is 0 Å². The van der Waals surface area contributed by atoms with Gasteiger partial charge in [-0.25, -0.2) is 9.13 Å². The molecule has 0 aliphatic carbocycles. The standard InChI is InChI=1S/C34H56N4/c1-35-23-17-21-33(35)31-19-15-27-37(29-31)25-13-11-9-7-5-3-4-6-8-10-12-14-26-38-28-16-20-32(30-38)34-22-18-24-36(34)2/h15-16,19-20,27-30,33-34H,3-14,17-18,21-26H2,1-2H3/q+2/t33-,34-/m0/s1. The van der Waals surface area contributed by atoms with Gasteiger partial charge in [-0.3, -0.25) is 9.80 Å². The molecular weight excluding hydrogens is 464 g/mol. The van der Waals surface area contributed by atoms with Crippen LogP contribution < -0.4 is 9.13 Å². The van der Waals surface area contributed by atoms with Crippen molar-refractivity contribution < 1.29 is 9.13 Å². The van der Waals surface area contributed by atoms with E-state index in [1.54, 1.807) is 0 Å². The third kappa shape index (κ3) is 9.45. The number of pyridine rings is 2. The first-order chi connectivity index (χ1) is 18.7. The summed E-state index contributed by atoms with van der Waals surface area (Å²) in [6.07, 6.45) is 31.4. The molecule has 4 rings (SSSR count). The summed E-state index contributed by atoms with van der Waals surface area (Å²) in [6.45, 7) is 4.83. The molecule has 0 unspecified atom stereocenters. The van der Waals surface area contributed by atoms with Crippen LogP contribution in [0.5, 0.6) is 0 Å². The van der Waals surface area contributed by atoms with Gasteiger partial charge < -0.3 is 0 Å². The highest BCUT2D eigenvalue weighted by atomic mass is 15.2. The Hall–Kier alpha value is -1.78. The quantitative estimate of drug-likeness (QED) is 0.162. The lowest BCUT2D eigenvalue weighted by atomic mass is 10.0. The maximum Gasteiger partial charge on any atom is 0.173 e. The molecule has 0 spiro atoms. The van der Waals surface area contributed by atoms with E-state index in [2.05, 4.69) is 82.1 Å². The highest BCUT2D eigenvalue weighted by molar-refractivity contribution is 5.13. The minimum absolute atomic E-state index is 0.632. The Kier molecular flexibility index (Phi) is 12.6. The molecule has 0 aromatic carbocycles. The van der Waals surface area contributed by atoms with Crippen LogP contribution in [0.2, 0.25) is 0 Å². The number of hydrogen-bond donors (Lipinski definition) is 0. The Balaban J connectivity index is 0.947. The van der Waals surface area contributed by atoms with Gasteiger partial charge in [0.1, 0.15) is 13.1 Å². The van der Waals surface area contributed by atoms with E-state index in [1.807, 2.05) is 0 Å². The SMILES string of the molecule is CN1CCC[C@H]1c1ccc[n+](CCCCCCCCCCCCCC[n+]2cccc([C@@H]3CCCN3C)c2)c1. The monoisotopic (exact) mass is 520 g/mol. The van der Waals surface area contributed by atoms with Crippen LogP contribution in [0.15, 0.2) is 49.1 Å². The molecule has 38 heavy (non-hydrogen) atoms. The Morgan fingerprint density at radius 2 is 0.947 bits per heavy atom. The van der Waals surface area contributed by atoms with E-state index in [4.69, 9.17) is 0 Å². The van der Waals surface area contributed by atoms with Gasteiger partial charge in [-0.2, -0.15) is 0 Å². The Morgan fingerprint density at radius 1 is 0.579 bits per heavy atom. The van der Waals surface area contributed by atoms with Crippen LogP contribution in [0.25, 0.3) is 0 Å². The molecule has 4 heterocycles. The lowest BCUT2D eigenvalue weighted by molar-refractivity contribution is -0.698. The lowest BCUT2D eigenvalue weighted by Crippen LogP contribution is -2.34. The van der Waals surface area contributed by atoms with Gasteiger partial charge in [-0.15, -0.1) is 0 Å². The molecule has 0 radical (unpaired) electrons. The van der Waals surface area contributed by atoms with E-state index in [0.717, 1.165) is 0 Å². The third-order valence-electron chi connectivity index (χ3n) is 9.16. The molecule has 2 aromatic heterocycles. The minimum Gasteiger partial charge on any atom is -0.299 e. The molecular formula is C34H56N4+2. The highest BCUT2D eigenvalue weighted by Crippen LogP contribution is 2.30. The zero-order valence-electron chi connectivity index (χ0n) is 24.7. The summed E-state index contributed by atoms with van der Waals surface area (Å²) < 4.78 is 4.85. The molecule has 2 atom stereocenters. The normalized spacial score (nSPS) is 20.5. The molecule has 2 fully saturated rings. The van der Waals surface area contributed by atoms with Gasteiger partial charge in [0.2, 0.25) is 0 Å². The van der Waals surface area contributed by atoms with Crippen molar-refractivity contribution in [2.24, 2.45) is 0 Å². The summed E-state index contributed by atoms with van der Waals surface area (Å²) in [5, 5.41) is 0. The predicted octanol–water partition coefficient (Wildman–Crippen LogP) is 7.18. The molecule has 0 amide bonds. The third-order valence-corrected chi connectivity index (χ3v) is 9.16. The average molecular weight is 521 g/mol. The van der Waals surface area contributed by atoms with Gasteiger partial charge in [-0.05, 0) is 77.8 Å². The fourth-order valence-corrected chi connectivity index (χ4v) is 6.78. The zero-order chi connectivity index (χ0) is 26.4. The number of nitrogens with zero attached hydrogens (tertiary/aromatic N) is 4. The summed E-state index contributed by atoms with van der Waals surface area (Å²) in [5.41, 5.74) is 3.01. The minimum atomic E-state index is 0.632. The van der Waals surface area contributed by atoms with Gasteiger partial charge >= 0.3 is 0 Å². The summed E-state index contributed by atoms with van der Waals surface area (Å²) in [4.78, 5) is 5.02. The first kappa shape index (κ1) is 29.2. The van der Waals surface area contributed by atoms with Crippen LogP contribution in [0.4, 0.5) is 0 Å². The smallest absolute Gasteiger partial charge is 0.173 e. The molecule has 2 saturated heterocycles. The number of aromatic nitrogens is 2. The van der Waals surface area contributed by atoms with E-state index in [9.17, 15) is 0 Å². The van der Waals surface area contributed by atoms with Crippen molar-refractivity contribution in [3.63, 3.8) is 0 Å². The van der Waals surface area contributed by atoms with E-state index >= 15 is 0 Å². The Bertz CT molecular complexity index is 853. The lowest BCUT2D eigenvalue weighted by Gasteiger charge is -2.18. The average Bonchev–Trinajstić information content (AvgIpc) is 3.57. The molecule has 210 valence electrons. The number of hydrogen-bond acceptors (Lipinski definition) is 2. The number of unbranched alkanes of at least 4 members (excludes halogenated alkanes) is 11. The van der Waals surface area contributed by atoms with E-state index in [0.29, 0.717) is 12.1 Å². The van der Waals surface area contributed by atoms with Crippen LogP contribution >= 0.6 is 0 Å². The van der Waals surface area contributed by atoms with E-state index in [1.165, 1.54) is 140 Å². The fourth-order valence-electron chi connectivity index (χ4n) is 6.78. The van der Waals surface area contributed by atoms with Crippen molar-refractivity contribution >= 4 is 0 Å². The van der Waals surface area contributed by atoms with Crippen molar-refractivity contribution in [1.29, 1.82) is 0 Å². The first-order valence-electron chi connectivity index (χ1n) is 16.1. The molecule has 0 N–H and O–H groups in total. The van der Waals surface area contributed by atoms with Gasteiger partial charge in [0.15, 0.2) is 24.8 Å². The second-order valence-electron chi connectivity index (χ2n) is 12.3. The van der Waals surface area contributed by atoms with Gasteiger partial charge in [0.25, 0.3) is 0 Å². The summed E-state index contributed by atoms with van der Waals surface area (Å²) >= 11 is 0. The molecule has 4 heteroatoms. The fraction of sp³-hybridized carbons (Fsp3) is 0.706. The summed E-state index contributed by atoms with van der Waals surface area (Å²) in [5.74, 6) is 0. The van der Waals surface area contributed by atoms with Gasteiger partial charge in [0, 0.05) is 48.2 Å². The van der Waals surface area contributed by atoms with Crippen LogP contribution in [-0.2, 0) is 13.1 Å².